The second-order valence-electron chi connectivity index (χ2n) is 7.54. The minimum Gasteiger partial charge on any atom is -0.494 e. The lowest BCUT2D eigenvalue weighted by Crippen LogP contribution is -2.36. The van der Waals surface area contributed by atoms with Crippen LogP contribution < -0.4 is 21.2 Å². The highest BCUT2D eigenvalue weighted by molar-refractivity contribution is 5.75. The molecule has 0 aliphatic carbocycles. The predicted octanol–water partition coefficient (Wildman–Crippen LogP) is 1.74. The number of aromatic nitrogens is 5. The summed E-state index contributed by atoms with van der Waals surface area (Å²) in [5.74, 6) is 0.352. The van der Waals surface area contributed by atoms with Gasteiger partial charge in [0, 0.05) is 42.2 Å². The molecule has 178 valence electrons. The Morgan fingerprint density at radius 2 is 1.57 bits per heavy atom. The summed E-state index contributed by atoms with van der Waals surface area (Å²) in [5, 5.41) is 11.4. The van der Waals surface area contributed by atoms with Crippen LogP contribution in [0.5, 0.6) is 5.75 Å². The normalized spacial score (nSPS) is 10.7. The Morgan fingerprint density at radius 3 is 2.26 bits per heavy atom. The molecule has 0 fully saturated rings. The Labute approximate surface area is 200 Å². The SMILES string of the molecule is CCOc1ccc(-c2ccc(=O)n(CCNC(=O)Cn3nc(-c4cccnc4)ccc3=O)n2)cc1. The zero-order valence-electron chi connectivity index (χ0n) is 19.1. The van der Waals surface area contributed by atoms with Gasteiger partial charge in [-0.15, -0.1) is 0 Å². The number of hydrogen-bond donors (Lipinski definition) is 1. The molecule has 0 radical (unpaired) electrons. The third-order valence-corrected chi connectivity index (χ3v) is 5.09. The molecular weight excluding hydrogens is 448 g/mol. The number of pyridine rings is 1. The van der Waals surface area contributed by atoms with E-state index in [1.807, 2.05) is 37.3 Å². The van der Waals surface area contributed by atoms with E-state index in [0.29, 0.717) is 18.0 Å². The van der Waals surface area contributed by atoms with Crippen LogP contribution in [-0.2, 0) is 17.9 Å². The van der Waals surface area contributed by atoms with E-state index in [4.69, 9.17) is 4.74 Å². The monoisotopic (exact) mass is 472 g/mol. The molecule has 0 saturated carbocycles. The molecule has 35 heavy (non-hydrogen) atoms. The lowest BCUT2D eigenvalue weighted by atomic mass is 10.1. The fourth-order valence-corrected chi connectivity index (χ4v) is 3.38. The summed E-state index contributed by atoms with van der Waals surface area (Å²) in [6.07, 6.45) is 3.27. The van der Waals surface area contributed by atoms with Crippen molar-refractivity contribution in [2.24, 2.45) is 0 Å². The van der Waals surface area contributed by atoms with Crippen LogP contribution in [0.25, 0.3) is 22.5 Å². The molecule has 4 rings (SSSR count). The highest BCUT2D eigenvalue weighted by atomic mass is 16.5. The molecule has 0 bridgehead atoms. The molecule has 1 amide bonds. The third kappa shape index (κ3) is 6.05. The second-order valence-corrected chi connectivity index (χ2v) is 7.54. The second kappa shape index (κ2) is 11.0. The maximum Gasteiger partial charge on any atom is 0.267 e. The first-order chi connectivity index (χ1) is 17.0. The highest BCUT2D eigenvalue weighted by Crippen LogP contribution is 2.19. The first-order valence-corrected chi connectivity index (χ1v) is 11.1. The van der Waals surface area contributed by atoms with E-state index < -0.39 is 11.5 Å². The van der Waals surface area contributed by atoms with Crippen molar-refractivity contribution < 1.29 is 9.53 Å². The summed E-state index contributed by atoms with van der Waals surface area (Å²) >= 11 is 0. The Balaban J connectivity index is 1.38. The number of rotatable bonds is 9. The molecule has 0 aliphatic rings. The van der Waals surface area contributed by atoms with Crippen LogP contribution in [0.15, 0.2) is 82.6 Å². The summed E-state index contributed by atoms with van der Waals surface area (Å²) in [6.45, 7) is 2.58. The van der Waals surface area contributed by atoms with Gasteiger partial charge in [-0.3, -0.25) is 19.4 Å². The van der Waals surface area contributed by atoms with E-state index in [2.05, 4.69) is 20.5 Å². The van der Waals surface area contributed by atoms with Gasteiger partial charge >= 0.3 is 0 Å². The molecule has 0 unspecified atom stereocenters. The van der Waals surface area contributed by atoms with Crippen molar-refractivity contribution in [2.45, 2.75) is 20.0 Å². The van der Waals surface area contributed by atoms with Gasteiger partial charge in [-0.1, -0.05) is 0 Å². The first-order valence-electron chi connectivity index (χ1n) is 11.1. The lowest BCUT2D eigenvalue weighted by Gasteiger charge is -2.10. The molecule has 0 atom stereocenters. The first kappa shape index (κ1) is 23.6. The van der Waals surface area contributed by atoms with Crippen LogP contribution in [0.1, 0.15) is 6.92 Å². The van der Waals surface area contributed by atoms with Crippen LogP contribution in [0.3, 0.4) is 0 Å². The van der Waals surface area contributed by atoms with Crippen LogP contribution >= 0.6 is 0 Å². The maximum atomic E-state index is 12.4. The molecule has 1 aromatic carbocycles. The Morgan fingerprint density at radius 1 is 0.886 bits per heavy atom. The molecular formula is C25H24N6O4. The maximum absolute atomic E-state index is 12.4. The van der Waals surface area contributed by atoms with Crippen LogP contribution in [-0.4, -0.2) is 43.6 Å². The topological polar surface area (TPSA) is 121 Å². The summed E-state index contributed by atoms with van der Waals surface area (Å²) in [7, 11) is 0. The smallest absolute Gasteiger partial charge is 0.267 e. The summed E-state index contributed by atoms with van der Waals surface area (Å²) in [4.78, 5) is 40.8. The van der Waals surface area contributed by atoms with Gasteiger partial charge < -0.3 is 10.1 Å². The minimum atomic E-state index is -0.404. The molecule has 4 aromatic rings. The third-order valence-electron chi connectivity index (χ3n) is 5.09. The number of nitrogens with zero attached hydrogens (tertiary/aromatic N) is 5. The Bertz CT molecular complexity index is 1410. The van der Waals surface area contributed by atoms with E-state index in [9.17, 15) is 14.4 Å². The molecule has 3 heterocycles. The number of benzene rings is 1. The van der Waals surface area contributed by atoms with Gasteiger partial charge in [0.15, 0.2) is 0 Å². The number of amides is 1. The van der Waals surface area contributed by atoms with Crippen molar-refractivity contribution in [1.82, 2.24) is 29.9 Å². The van der Waals surface area contributed by atoms with Gasteiger partial charge in [0.2, 0.25) is 5.91 Å². The fourth-order valence-electron chi connectivity index (χ4n) is 3.38. The number of hydrogen-bond acceptors (Lipinski definition) is 7. The fraction of sp³-hybridized carbons (Fsp3) is 0.200. The van der Waals surface area contributed by atoms with Crippen molar-refractivity contribution >= 4 is 5.91 Å². The quantitative estimate of drug-likeness (QED) is 0.394. The largest absolute Gasteiger partial charge is 0.494 e. The zero-order chi connectivity index (χ0) is 24.6. The van der Waals surface area contributed by atoms with E-state index in [1.54, 1.807) is 30.6 Å². The van der Waals surface area contributed by atoms with Crippen molar-refractivity contribution in [1.29, 1.82) is 0 Å². The van der Waals surface area contributed by atoms with Gasteiger partial charge in [-0.05, 0) is 55.5 Å². The zero-order valence-corrected chi connectivity index (χ0v) is 19.1. The summed E-state index contributed by atoms with van der Waals surface area (Å²) < 4.78 is 7.83. The lowest BCUT2D eigenvalue weighted by molar-refractivity contribution is -0.121. The highest BCUT2D eigenvalue weighted by Gasteiger charge is 2.09. The molecule has 10 nitrogen and oxygen atoms in total. The van der Waals surface area contributed by atoms with Gasteiger partial charge in [0.05, 0.1) is 24.5 Å². The van der Waals surface area contributed by atoms with Gasteiger partial charge in [-0.25, -0.2) is 9.36 Å². The molecule has 1 N–H and O–H groups in total. The standard InChI is InChI=1S/C25H24N6O4/c1-2-35-20-7-5-18(6-8-20)21-9-11-24(33)30(28-21)15-14-27-23(32)17-31-25(34)12-10-22(29-31)19-4-3-13-26-16-19/h3-13,16H,2,14-15,17H2,1H3,(H,27,32). The average Bonchev–Trinajstić information content (AvgIpc) is 2.88. The van der Waals surface area contributed by atoms with E-state index in [0.717, 1.165) is 21.6 Å². The van der Waals surface area contributed by atoms with E-state index in [-0.39, 0.29) is 25.2 Å². The van der Waals surface area contributed by atoms with Crippen molar-refractivity contribution in [2.75, 3.05) is 13.2 Å². The number of nitrogens with one attached hydrogen (secondary N) is 1. The minimum absolute atomic E-state index is 0.162. The van der Waals surface area contributed by atoms with Crippen molar-refractivity contribution in [3.8, 4) is 28.3 Å². The predicted molar refractivity (Wildman–Crippen MR) is 130 cm³/mol. The molecule has 0 spiro atoms. The van der Waals surface area contributed by atoms with Crippen LogP contribution in [0.4, 0.5) is 0 Å². The van der Waals surface area contributed by atoms with Gasteiger partial charge in [-0.2, -0.15) is 10.2 Å². The molecule has 3 aromatic heterocycles. The molecule has 0 saturated heterocycles. The average molecular weight is 473 g/mol. The number of ether oxygens (including phenoxy) is 1. The van der Waals surface area contributed by atoms with Crippen LogP contribution in [0.2, 0.25) is 0 Å². The Hall–Kier alpha value is -4.60. The molecule has 0 aliphatic heterocycles. The van der Waals surface area contributed by atoms with Crippen molar-refractivity contribution in [3.05, 3.63) is 93.8 Å². The van der Waals surface area contributed by atoms with Gasteiger partial charge in [0.25, 0.3) is 11.1 Å². The van der Waals surface area contributed by atoms with E-state index in [1.165, 1.54) is 16.8 Å². The van der Waals surface area contributed by atoms with Gasteiger partial charge in [0.1, 0.15) is 12.3 Å². The Kier molecular flexibility index (Phi) is 7.41. The summed E-state index contributed by atoms with van der Waals surface area (Å²) in [6, 6.07) is 17.0. The summed E-state index contributed by atoms with van der Waals surface area (Å²) in [5.41, 5.74) is 2.06. The van der Waals surface area contributed by atoms with E-state index >= 15 is 0 Å². The van der Waals surface area contributed by atoms with Crippen molar-refractivity contribution in [3.63, 3.8) is 0 Å². The van der Waals surface area contributed by atoms with Crippen LogP contribution in [0, 0.1) is 0 Å². The molecule has 10 heteroatoms. The number of carbonyl (C=O) groups excluding carboxylic acids is 1. The number of carbonyl (C=O) groups is 1.